The maximum Gasteiger partial charge on any atom is 0.233 e. The molecule has 0 aliphatic heterocycles. The van der Waals surface area contributed by atoms with Crippen LogP contribution in [-0.2, 0) is 11.3 Å². The second-order valence-electron chi connectivity index (χ2n) is 6.94. The summed E-state index contributed by atoms with van der Waals surface area (Å²) in [6.45, 7) is 2.20. The van der Waals surface area contributed by atoms with E-state index in [2.05, 4.69) is 20.6 Å². The van der Waals surface area contributed by atoms with Crippen LogP contribution >= 0.6 is 11.8 Å². The Balaban J connectivity index is 1.57. The maximum atomic E-state index is 13.7. The fourth-order valence-corrected chi connectivity index (χ4v) is 3.97. The molecule has 6 nitrogen and oxygen atoms in total. The van der Waals surface area contributed by atoms with Crippen LogP contribution in [0.15, 0.2) is 70.4 Å². The topological polar surface area (TPSA) is 80.0 Å². The lowest BCUT2D eigenvalue weighted by Crippen LogP contribution is -2.31. The van der Waals surface area contributed by atoms with Gasteiger partial charge in [-0.05, 0) is 42.8 Å². The van der Waals surface area contributed by atoms with E-state index in [-0.39, 0.29) is 5.91 Å². The number of aromatic nitrogens is 2. The molecule has 9 heteroatoms. The van der Waals surface area contributed by atoms with Crippen molar-refractivity contribution in [1.29, 1.82) is 0 Å². The van der Waals surface area contributed by atoms with Gasteiger partial charge in [-0.25, -0.2) is 18.7 Å². The number of para-hydroxylation sites is 1. The molecule has 0 aliphatic carbocycles. The number of thioether (sulfide) groups is 1. The van der Waals surface area contributed by atoms with Gasteiger partial charge >= 0.3 is 0 Å². The Morgan fingerprint density at radius 2 is 1.94 bits per heavy atom. The number of amides is 1. The van der Waals surface area contributed by atoms with Gasteiger partial charge in [0, 0.05) is 17.1 Å². The summed E-state index contributed by atoms with van der Waals surface area (Å²) in [6, 6.07) is 14.4. The minimum atomic E-state index is -0.956. The summed E-state index contributed by atoms with van der Waals surface area (Å²) >= 11 is 1.24. The Hall–Kier alpha value is -3.46. The van der Waals surface area contributed by atoms with E-state index in [1.165, 1.54) is 17.8 Å². The zero-order valence-electron chi connectivity index (χ0n) is 17.1. The number of nitrogens with zero attached hydrogens (tertiary/aromatic N) is 2. The molecule has 2 heterocycles. The molecule has 0 saturated heterocycles. The van der Waals surface area contributed by atoms with E-state index < -0.39 is 16.9 Å². The van der Waals surface area contributed by atoms with Crippen molar-refractivity contribution in [3.05, 3.63) is 78.3 Å². The van der Waals surface area contributed by atoms with Crippen LogP contribution in [-0.4, -0.2) is 21.1 Å². The van der Waals surface area contributed by atoms with Gasteiger partial charge in [0.05, 0.1) is 23.6 Å². The predicted molar refractivity (Wildman–Crippen MR) is 120 cm³/mol. The molecule has 2 aromatic heterocycles. The predicted octanol–water partition coefficient (Wildman–Crippen LogP) is 5.43. The molecule has 4 rings (SSSR count). The molecule has 0 radical (unpaired) electrons. The SMILES string of the molecule is CCC(Sc1nc(Nc2ccc(F)c(F)c2)c2ccccc2n1)C(=O)NCc1ccco1. The molecule has 1 atom stereocenters. The zero-order valence-corrected chi connectivity index (χ0v) is 18.0. The molecule has 0 fully saturated rings. The molecule has 164 valence electrons. The number of fused-ring (bicyclic) bond motifs is 1. The second-order valence-corrected chi connectivity index (χ2v) is 8.11. The van der Waals surface area contributed by atoms with E-state index in [4.69, 9.17) is 4.42 Å². The van der Waals surface area contributed by atoms with Crippen molar-refractivity contribution in [2.75, 3.05) is 5.32 Å². The molecule has 1 unspecified atom stereocenters. The highest BCUT2D eigenvalue weighted by atomic mass is 32.2. The average molecular weight is 455 g/mol. The van der Waals surface area contributed by atoms with E-state index >= 15 is 0 Å². The first kappa shape index (κ1) is 21.8. The van der Waals surface area contributed by atoms with E-state index in [1.807, 2.05) is 31.2 Å². The third kappa shape index (κ3) is 5.05. The third-order valence-electron chi connectivity index (χ3n) is 4.69. The number of hydrogen-bond acceptors (Lipinski definition) is 6. The van der Waals surface area contributed by atoms with Crippen LogP contribution in [0.1, 0.15) is 19.1 Å². The number of nitrogens with one attached hydrogen (secondary N) is 2. The highest BCUT2D eigenvalue weighted by molar-refractivity contribution is 8.00. The van der Waals surface area contributed by atoms with Crippen LogP contribution < -0.4 is 10.6 Å². The monoisotopic (exact) mass is 454 g/mol. The first-order valence-electron chi connectivity index (χ1n) is 9.99. The number of benzene rings is 2. The Kier molecular flexibility index (Phi) is 6.65. The molecular formula is C23H20F2N4O2S. The van der Waals surface area contributed by atoms with Crippen LogP contribution in [0.25, 0.3) is 10.9 Å². The van der Waals surface area contributed by atoms with Crippen LogP contribution in [0.4, 0.5) is 20.3 Å². The quantitative estimate of drug-likeness (QED) is 0.273. The molecule has 32 heavy (non-hydrogen) atoms. The molecule has 0 aliphatic rings. The molecule has 0 spiro atoms. The lowest BCUT2D eigenvalue weighted by molar-refractivity contribution is -0.120. The van der Waals surface area contributed by atoms with E-state index in [9.17, 15) is 13.6 Å². The van der Waals surface area contributed by atoms with E-state index in [0.29, 0.717) is 40.9 Å². The minimum Gasteiger partial charge on any atom is -0.467 e. The van der Waals surface area contributed by atoms with Gasteiger partial charge in [0.25, 0.3) is 0 Å². The van der Waals surface area contributed by atoms with Gasteiger partial charge in [-0.2, -0.15) is 0 Å². The number of carbonyl (C=O) groups excluding carboxylic acids is 1. The van der Waals surface area contributed by atoms with Crippen LogP contribution in [0, 0.1) is 11.6 Å². The number of furan rings is 1. The summed E-state index contributed by atoms with van der Waals surface area (Å²) in [7, 11) is 0. The van der Waals surface area contributed by atoms with Gasteiger partial charge in [-0.3, -0.25) is 4.79 Å². The van der Waals surface area contributed by atoms with Crippen molar-refractivity contribution in [2.24, 2.45) is 0 Å². The number of anilines is 2. The smallest absolute Gasteiger partial charge is 0.233 e. The van der Waals surface area contributed by atoms with Gasteiger partial charge in [0.15, 0.2) is 16.8 Å². The highest BCUT2D eigenvalue weighted by Crippen LogP contribution is 2.30. The molecule has 2 N–H and O–H groups in total. The standard InChI is InChI=1S/C23H20F2N4O2S/c1-2-20(22(30)26-13-15-6-5-11-31-15)32-23-28-19-8-4-3-7-16(19)21(29-23)27-14-9-10-17(24)18(25)12-14/h3-12,20H,2,13H2,1H3,(H,26,30)(H,27,28,29). The molecule has 0 saturated carbocycles. The summed E-state index contributed by atoms with van der Waals surface area (Å²) in [6.07, 6.45) is 2.12. The van der Waals surface area contributed by atoms with Gasteiger partial charge < -0.3 is 15.1 Å². The molecule has 4 aromatic rings. The fourth-order valence-electron chi connectivity index (χ4n) is 3.06. The number of halogens is 2. The van der Waals surface area contributed by atoms with Crippen molar-refractivity contribution in [3.8, 4) is 0 Å². The van der Waals surface area contributed by atoms with Gasteiger partial charge in [0.2, 0.25) is 5.91 Å². The third-order valence-corrected chi connectivity index (χ3v) is 5.92. The lowest BCUT2D eigenvalue weighted by Gasteiger charge is -2.15. The Bertz CT molecular complexity index is 1230. The van der Waals surface area contributed by atoms with Crippen molar-refractivity contribution < 1.29 is 18.0 Å². The van der Waals surface area contributed by atoms with Crippen LogP contribution in [0.5, 0.6) is 0 Å². The first-order valence-corrected chi connectivity index (χ1v) is 10.9. The van der Waals surface area contributed by atoms with Crippen LogP contribution in [0.3, 0.4) is 0 Å². The number of carbonyl (C=O) groups is 1. The van der Waals surface area contributed by atoms with Crippen molar-refractivity contribution in [1.82, 2.24) is 15.3 Å². The molecule has 2 aromatic carbocycles. The summed E-state index contributed by atoms with van der Waals surface area (Å²) in [4.78, 5) is 21.8. The molecule has 1 amide bonds. The largest absolute Gasteiger partial charge is 0.467 e. The average Bonchev–Trinajstić information content (AvgIpc) is 3.32. The zero-order chi connectivity index (χ0) is 22.5. The summed E-state index contributed by atoms with van der Waals surface area (Å²) in [5.74, 6) is -0.929. The summed E-state index contributed by atoms with van der Waals surface area (Å²) < 4.78 is 32.2. The number of rotatable bonds is 8. The van der Waals surface area contributed by atoms with Gasteiger partial charge in [-0.1, -0.05) is 30.8 Å². The lowest BCUT2D eigenvalue weighted by atomic mass is 10.2. The molecule has 0 bridgehead atoms. The van der Waals surface area contributed by atoms with Crippen molar-refractivity contribution >= 4 is 40.1 Å². The minimum absolute atomic E-state index is 0.152. The summed E-state index contributed by atoms with van der Waals surface area (Å²) in [5.41, 5.74) is 1.02. The van der Waals surface area contributed by atoms with Crippen molar-refractivity contribution in [3.63, 3.8) is 0 Å². The Labute approximate surface area is 187 Å². The second kappa shape index (κ2) is 9.78. The fraction of sp³-hybridized carbons (Fsp3) is 0.174. The van der Waals surface area contributed by atoms with Gasteiger partial charge in [0.1, 0.15) is 11.6 Å². The van der Waals surface area contributed by atoms with Crippen molar-refractivity contribution in [2.45, 2.75) is 30.3 Å². The first-order chi connectivity index (χ1) is 15.5. The van der Waals surface area contributed by atoms with Gasteiger partial charge in [-0.15, -0.1) is 0 Å². The molecular weight excluding hydrogens is 434 g/mol. The van der Waals surface area contributed by atoms with Crippen LogP contribution in [0.2, 0.25) is 0 Å². The summed E-state index contributed by atoms with van der Waals surface area (Å²) in [5, 5.41) is 6.59. The normalized spacial score (nSPS) is 12.0. The number of hydrogen-bond donors (Lipinski definition) is 2. The maximum absolute atomic E-state index is 13.7. The van der Waals surface area contributed by atoms with E-state index in [1.54, 1.807) is 18.4 Å². The Morgan fingerprint density at radius 1 is 1.09 bits per heavy atom. The Morgan fingerprint density at radius 3 is 2.69 bits per heavy atom. The van der Waals surface area contributed by atoms with E-state index in [0.717, 1.165) is 17.5 Å². The highest BCUT2D eigenvalue weighted by Gasteiger charge is 2.21.